The summed E-state index contributed by atoms with van der Waals surface area (Å²) in [6.07, 6.45) is 0.750. The van der Waals surface area contributed by atoms with Crippen LogP contribution in [0.1, 0.15) is 6.42 Å². The van der Waals surface area contributed by atoms with E-state index in [4.69, 9.17) is 0 Å². The maximum atomic E-state index is 3.38. The summed E-state index contributed by atoms with van der Waals surface area (Å²) in [5.74, 6) is 0. The molecule has 0 nitrogen and oxygen atoms in total. The maximum absolute atomic E-state index is 3.38. The Morgan fingerprint density at radius 2 is 0.400 bits per heavy atom. The molecule has 0 unspecified atom stereocenters. The van der Waals surface area contributed by atoms with Gasteiger partial charge in [0.05, 0.1) is 0 Å². The molecule has 0 aromatic rings. The largest absolute Gasteiger partial charge is 6.00 e. The van der Waals surface area contributed by atoms with Gasteiger partial charge in [-0.05, 0) is 0 Å². The van der Waals surface area contributed by atoms with Gasteiger partial charge in [-0.15, -0.1) is 0 Å². The van der Waals surface area contributed by atoms with E-state index in [1.807, 2.05) is 0 Å². The first-order valence-electron chi connectivity index (χ1n) is 1.000. The van der Waals surface area contributed by atoms with Gasteiger partial charge in [-0.2, -0.15) is 0 Å². The minimum Gasteiger partial charge on any atom is -0.372 e. The second kappa shape index (κ2) is 613. The van der Waals surface area contributed by atoms with Gasteiger partial charge in [-0.25, -0.2) is 0 Å². The van der Waals surface area contributed by atoms with Crippen molar-refractivity contribution in [2.75, 3.05) is 0 Å². The van der Waals surface area contributed by atoms with Gasteiger partial charge in [-0.1, -0.05) is 0 Å². The Labute approximate surface area is 133 Å². The van der Waals surface area contributed by atoms with Crippen LogP contribution in [0.4, 0.5) is 0 Å². The summed E-state index contributed by atoms with van der Waals surface area (Å²) in [7, 11) is 0. The van der Waals surface area contributed by atoms with Crippen LogP contribution in [0.25, 0.3) is 0 Å². The average molecular weight is 395 g/mol. The molecule has 0 amide bonds. The van der Waals surface area contributed by atoms with Gasteiger partial charge in [0.2, 0.25) is 0 Å². The average Bonchev–Trinajstić information content (AvgIpc) is 0.918. The summed E-state index contributed by atoms with van der Waals surface area (Å²) in [4.78, 5) is 0. The van der Waals surface area contributed by atoms with Gasteiger partial charge < -0.3 is 94.5 Å². The minimum absolute atomic E-state index is 0. The van der Waals surface area contributed by atoms with E-state index in [1.54, 1.807) is 0 Å². The summed E-state index contributed by atoms with van der Waals surface area (Å²) in [5.41, 5.74) is 0. The molecule has 15 heavy (non-hydrogen) atoms. The Balaban J connectivity index is -0.000000000303. The molecule has 104 valence electrons. The van der Waals surface area contributed by atoms with Crippen molar-refractivity contribution >= 4 is 0 Å². The van der Waals surface area contributed by atoms with Crippen LogP contribution in [0.15, 0.2) is 0 Å². The molecule has 0 aliphatic rings. The van der Waals surface area contributed by atoms with Crippen molar-refractivity contribution in [1.82, 2.24) is 0 Å². The fourth-order valence-electron chi connectivity index (χ4n) is 0. The maximum Gasteiger partial charge on any atom is 6.00 e. The number of hydrogen-bond acceptors (Lipinski definition) is 0. The topological polar surface area (TPSA) is 0 Å². The van der Waals surface area contributed by atoms with E-state index >= 15 is 0 Å². The molecule has 0 spiro atoms. The summed E-state index contributed by atoms with van der Waals surface area (Å²) >= 11 is 0. The molecule has 0 rings (SSSR count). The summed E-state index contributed by atoms with van der Waals surface area (Å²) < 4.78 is 0. The van der Waals surface area contributed by atoms with Crippen molar-refractivity contribution in [3.63, 3.8) is 0 Å². The first-order valence-corrected chi connectivity index (χ1v) is 1.000. The summed E-state index contributed by atoms with van der Waals surface area (Å²) in [5, 5.41) is 0. The molecule has 0 atom stereocenters. The van der Waals surface area contributed by atoms with E-state index in [9.17, 15) is 0 Å². The van der Waals surface area contributed by atoms with Crippen LogP contribution in [0.3, 0.4) is 0 Å². The first kappa shape index (κ1) is 358. The predicted molar refractivity (Wildman–Crippen MR) is 79.5 cm³/mol. The van der Waals surface area contributed by atoms with Crippen LogP contribution in [0.5, 0.6) is 0 Å². The van der Waals surface area contributed by atoms with E-state index < -0.39 is 0 Å². The molecule has 0 bridgehead atoms. The smallest absolute Gasteiger partial charge is 0.372 e. The van der Waals surface area contributed by atoms with Crippen LogP contribution >= 0.6 is 0 Å². The molecular weight excluding hydrogens is 358 g/mol. The molecule has 0 radical (unpaired) electrons. The molecule has 0 aromatic heterocycles. The SMILES string of the molecule is [CH2-]C[CH2-].[CH3-].[CH3-].[CH3-].[CH3-].[CH3-].[CH3-].[CH3-].[CH3-].[CH3-].[CH3-].[Ru+6].[Ru+6]. The Hall–Kier alpha value is 1.25. The van der Waals surface area contributed by atoms with E-state index in [0.717, 1.165) is 6.42 Å². The third-order valence-electron chi connectivity index (χ3n) is 0. The van der Waals surface area contributed by atoms with Crippen LogP contribution < -0.4 is 0 Å². The predicted octanol–water partition coefficient (Wildman–Crippen LogP) is 5.54. The molecule has 0 heterocycles. The normalized spacial score (nSPS) is 1.20. The van der Waals surface area contributed by atoms with Crippen molar-refractivity contribution in [2.45, 2.75) is 6.42 Å². The van der Waals surface area contributed by atoms with Crippen LogP contribution in [-0.4, -0.2) is 0 Å². The number of hydrogen-bond donors (Lipinski definition) is 0. The van der Waals surface area contributed by atoms with Crippen molar-refractivity contribution in [3.05, 3.63) is 88.1 Å². The van der Waals surface area contributed by atoms with Gasteiger partial charge in [-0.3, -0.25) is 0 Å². The molecule has 0 fully saturated rings. The summed E-state index contributed by atoms with van der Waals surface area (Å²) in [6.45, 7) is 6.75. The Morgan fingerprint density at radius 3 is 0.400 bits per heavy atom. The van der Waals surface area contributed by atoms with Crippen molar-refractivity contribution < 1.29 is 39.0 Å². The number of rotatable bonds is 0. The van der Waals surface area contributed by atoms with Gasteiger partial charge in [0, 0.05) is 0 Å². The molecule has 0 saturated carbocycles. The van der Waals surface area contributed by atoms with Gasteiger partial charge in [0.1, 0.15) is 0 Å². The quantitative estimate of drug-likeness (QED) is 0.374. The Bertz CT molecular complexity index is 8.50. The van der Waals surface area contributed by atoms with E-state index in [-0.39, 0.29) is 113 Å². The molecule has 2 heteroatoms. The van der Waals surface area contributed by atoms with Crippen LogP contribution in [0.2, 0.25) is 0 Å². The van der Waals surface area contributed by atoms with Gasteiger partial charge >= 0.3 is 39.0 Å². The first-order chi connectivity index (χ1) is 1.41. The monoisotopic (exact) mass is 396 g/mol. The molecule has 0 saturated heterocycles. The van der Waals surface area contributed by atoms with Gasteiger partial charge in [0.15, 0.2) is 0 Å². The third kappa shape index (κ3) is 1720. The van der Waals surface area contributed by atoms with E-state index in [0.29, 0.717) is 0 Å². The second-order valence-electron chi connectivity index (χ2n) is 0.354. The zero-order chi connectivity index (χ0) is 2.71. The van der Waals surface area contributed by atoms with Crippen LogP contribution in [-0.2, 0) is 39.0 Å². The molecular formula is C13H36Ru2. The van der Waals surface area contributed by atoms with Gasteiger partial charge in [0.25, 0.3) is 0 Å². The Morgan fingerprint density at radius 1 is 0.400 bits per heavy atom. The van der Waals surface area contributed by atoms with Crippen molar-refractivity contribution in [3.8, 4) is 0 Å². The fourth-order valence-corrected chi connectivity index (χ4v) is 0. The van der Waals surface area contributed by atoms with E-state index in [1.165, 1.54) is 0 Å². The van der Waals surface area contributed by atoms with Crippen LogP contribution in [0, 0.1) is 88.1 Å². The Kier molecular flexibility index (Phi) is 14600. The minimum atomic E-state index is 0. The third-order valence-corrected chi connectivity index (χ3v) is 0. The standard InChI is InChI=1S/C3H6.10CH3.2Ru/c1-3-2;;;;;;;;;;;;/h1-3H2;10*1H3;;/q-2;10*-1;2*+6. The van der Waals surface area contributed by atoms with Crippen molar-refractivity contribution in [2.24, 2.45) is 0 Å². The zero-order valence-electron chi connectivity index (χ0n) is 12.8. The molecule has 0 aromatic carbocycles. The molecule has 0 aliphatic carbocycles. The molecule has 0 N–H and O–H groups in total. The van der Waals surface area contributed by atoms with E-state index in [2.05, 4.69) is 13.8 Å². The summed E-state index contributed by atoms with van der Waals surface area (Å²) in [6, 6.07) is 0. The fraction of sp³-hybridized carbons (Fsp3) is 0.0769. The second-order valence-corrected chi connectivity index (χ2v) is 0.354. The zero-order valence-corrected chi connectivity index (χ0v) is 16.3. The van der Waals surface area contributed by atoms with Crippen molar-refractivity contribution in [1.29, 1.82) is 0 Å². The molecule has 0 aliphatic heterocycles.